The molecule has 4 nitrogen and oxygen atoms in total. The summed E-state index contributed by atoms with van der Waals surface area (Å²) < 4.78 is 5.22. The van der Waals surface area contributed by atoms with Crippen LogP contribution in [0.3, 0.4) is 0 Å². The van der Waals surface area contributed by atoms with Gasteiger partial charge in [-0.3, -0.25) is 0 Å². The number of thiocarbonyl (C=S) groups is 1. The van der Waals surface area contributed by atoms with Gasteiger partial charge in [-0.25, -0.2) is 4.79 Å². The number of hydrogen-bond donors (Lipinski definition) is 2. The third-order valence-corrected chi connectivity index (χ3v) is 5.63. The highest BCUT2D eigenvalue weighted by Crippen LogP contribution is 2.35. The largest absolute Gasteiger partial charge is 0.462 e. The summed E-state index contributed by atoms with van der Waals surface area (Å²) in [6.07, 6.45) is 3.44. The van der Waals surface area contributed by atoms with Crippen molar-refractivity contribution in [2.45, 2.75) is 53.0 Å². The average molecular weight is 419 g/mol. The number of ether oxygens (including phenoxy) is 1. The molecule has 0 aliphatic heterocycles. The summed E-state index contributed by atoms with van der Waals surface area (Å²) in [4.78, 5) is 13.4. The van der Waals surface area contributed by atoms with E-state index in [4.69, 9.17) is 17.0 Å². The van der Waals surface area contributed by atoms with E-state index < -0.39 is 0 Å². The number of anilines is 1. The molecule has 1 unspecified atom stereocenters. The minimum atomic E-state index is -0.337. The van der Waals surface area contributed by atoms with Crippen LogP contribution in [0.5, 0.6) is 0 Å². The maximum Gasteiger partial charge on any atom is 0.341 e. The van der Waals surface area contributed by atoms with Crippen molar-refractivity contribution in [3.63, 3.8) is 0 Å². The van der Waals surface area contributed by atoms with Gasteiger partial charge in [-0.15, -0.1) is 11.3 Å². The fraction of sp³-hybridized carbons (Fsp3) is 0.455. The quantitative estimate of drug-likeness (QED) is 0.381. The standard InChI is InChI=1S/C22H30N2O2S2/c1-5-26-21(25)18-14-19(17-12-7-6-8-13-17)28-20(18)24-22(27)23-16(4)11-9-10-15(2)3/h6-8,12-16H,5,9-11H2,1-4H3,(H2,23,24,27). The number of benzene rings is 1. The first kappa shape index (κ1) is 22.4. The van der Waals surface area contributed by atoms with Crippen LogP contribution in [0.15, 0.2) is 36.4 Å². The molecule has 0 saturated heterocycles. The van der Waals surface area contributed by atoms with E-state index in [1.165, 1.54) is 24.2 Å². The minimum absolute atomic E-state index is 0.276. The van der Waals surface area contributed by atoms with Gasteiger partial charge in [0.15, 0.2) is 5.11 Å². The molecule has 1 aromatic carbocycles. The van der Waals surface area contributed by atoms with Gasteiger partial charge in [-0.2, -0.15) is 0 Å². The summed E-state index contributed by atoms with van der Waals surface area (Å²) in [6.45, 7) is 8.75. The van der Waals surface area contributed by atoms with E-state index in [1.807, 2.05) is 36.4 Å². The second-order valence-corrected chi connectivity index (χ2v) is 8.72. The van der Waals surface area contributed by atoms with Crippen molar-refractivity contribution in [3.8, 4) is 10.4 Å². The first-order chi connectivity index (χ1) is 13.4. The first-order valence-electron chi connectivity index (χ1n) is 9.84. The van der Waals surface area contributed by atoms with Gasteiger partial charge >= 0.3 is 5.97 Å². The molecule has 2 aromatic rings. The molecule has 2 rings (SSSR count). The van der Waals surface area contributed by atoms with E-state index in [9.17, 15) is 4.79 Å². The molecule has 1 atom stereocenters. The normalized spacial score (nSPS) is 11.9. The number of carbonyl (C=O) groups excluding carboxylic acids is 1. The average Bonchev–Trinajstić information content (AvgIpc) is 3.06. The highest BCUT2D eigenvalue weighted by atomic mass is 32.1. The smallest absolute Gasteiger partial charge is 0.341 e. The van der Waals surface area contributed by atoms with E-state index in [0.29, 0.717) is 28.2 Å². The molecular formula is C22H30N2O2S2. The molecule has 2 N–H and O–H groups in total. The monoisotopic (exact) mass is 418 g/mol. The highest BCUT2D eigenvalue weighted by Gasteiger charge is 2.19. The zero-order valence-corrected chi connectivity index (χ0v) is 18.7. The summed E-state index contributed by atoms with van der Waals surface area (Å²) in [5, 5.41) is 7.78. The van der Waals surface area contributed by atoms with Crippen LogP contribution in [0.1, 0.15) is 57.3 Å². The lowest BCUT2D eigenvalue weighted by Crippen LogP contribution is -2.36. The molecule has 1 aromatic heterocycles. The Labute approximate surface area is 177 Å². The van der Waals surface area contributed by atoms with Gasteiger partial charge in [0.25, 0.3) is 0 Å². The molecule has 28 heavy (non-hydrogen) atoms. The van der Waals surface area contributed by atoms with Crippen molar-refractivity contribution >= 4 is 39.6 Å². The summed E-state index contributed by atoms with van der Waals surface area (Å²) >= 11 is 6.99. The fourth-order valence-corrected chi connectivity index (χ4v) is 4.28. The van der Waals surface area contributed by atoms with Crippen molar-refractivity contribution < 1.29 is 9.53 Å². The molecule has 0 amide bonds. The van der Waals surface area contributed by atoms with Crippen LogP contribution in [-0.4, -0.2) is 23.7 Å². The predicted octanol–water partition coefficient (Wildman–Crippen LogP) is 6.09. The van der Waals surface area contributed by atoms with Crippen LogP contribution in [0, 0.1) is 5.92 Å². The zero-order valence-electron chi connectivity index (χ0n) is 17.1. The Morgan fingerprint density at radius 2 is 1.89 bits per heavy atom. The van der Waals surface area contributed by atoms with Crippen molar-refractivity contribution in [3.05, 3.63) is 42.0 Å². The molecule has 0 aliphatic rings. The van der Waals surface area contributed by atoms with Gasteiger partial charge in [0.05, 0.1) is 12.2 Å². The van der Waals surface area contributed by atoms with Crippen LogP contribution < -0.4 is 10.6 Å². The molecule has 0 saturated carbocycles. The summed E-state index contributed by atoms with van der Waals surface area (Å²) in [6, 6.07) is 12.1. The van der Waals surface area contributed by atoms with Gasteiger partial charge in [0.2, 0.25) is 0 Å². The summed E-state index contributed by atoms with van der Waals surface area (Å²) in [7, 11) is 0. The number of rotatable bonds is 9. The minimum Gasteiger partial charge on any atom is -0.462 e. The molecule has 0 radical (unpaired) electrons. The van der Waals surface area contributed by atoms with Crippen LogP contribution in [-0.2, 0) is 4.74 Å². The van der Waals surface area contributed by atoms with E-state index in [-0.39, 0.29) is 12.0 Å². The van der Waals surface area contributed by atoms with Gasteiger partial charge in [0.1, 0.15) is 5.00 Å². The maximum atomic E-state index is 12.4. The number of thiophene rings is 1. The third-order valence-electron chi connectivity index (χ3n) is 4.31. The summed E-state index contributed by atoms with van der Waals surface area (Å²) in [5.74, 6) is 0.378. The van der Waals surface area contributed by atoms with Gasteiger partial charge in [-0.05, 0) is 50.0 Å². The van der Waals surface area contributed by atoms with E-state index in [1.54, 1.807) is 6.92 Å². The molecule has 0 spiro atoms. The lowest BCUT2D eigenvalue weighted by Gasteiger charge is -2.17. The van der Waals surface area contributed by atoms with Crippen molar-refractivity contribution in [1.29, 1.82) is 0 Å². The lowest BCUT2D eigenvalue weighted by atomic mass is 10.0. The van der Waals surface area contributed by atoms with E-state index >= 15 is 0 Å². The van der Waals surface area contributed by atoms with Crippen molar-refractivity contribution in [1.82, 2.24) is 5.32 Å². The number of nitrogens with one attached hydrogen (secondary N) is 2. The van der Waals surface area contributed by atoms with E-state index in [0.717, 1.165) is 16.9 Å². The number of carbonyl (C=O) groups is 1. The lowest BCUT2D eigenvalue weighted by molar-refractivity contribution is 0.0528. The number of hydrogen-bond acceptors (Lipinski definition) is 4. The van der Waals surface area contributed by atoms with Gasteiger partial charge in [0, 0.05) is 10.9 Å². The fourth-order valence-electron chi connectivity index (χ4n) is 2.86. The number of esters is 1. The maximum absolute atomic E-state index is 12.4. The van der Waals surface area contributed by atoms with Crippen LogP contribution in [0.2, 0.25) is 0 Å². The summed E-state index contributed by atoms with van der Waals surface area (Å²) in [5.41, 5.74) is 1.58. The Bertz CT molecular complexity index is 772. The molecule has 152 valence electrons. The Morgan fingerprint density at radius 1 is 1.18 bits per heavy atom. The molecule has 1 heterocycles. The zero-order chi connectivity index (χ0) is 20.5. The molecule has 0 bridgehead atoms. The first-order valence-corrected chi connectivity index (χ1v) is 11.1. The van der Waals surface area contributed by atoms with Crippen molar-refractivity contribution in [2.24, 2.45) is 5.92 Å². The third kappa shape index (κ3) is 6.91. The topological polar surface area (TPSA) is 50.4 Å². The van der Waals surface area contributed by atoms with Gasteiger partial charge < -0.3 is 15.4 Å². The Kier molecular flexibility index (Phi) is 8.93. The Morgan fingerprint density at radius 3 is 2.54 bits per heavy atom. The predicted molar refractivity (Wildman–Crippen MR) is 123 cm³/mol. The van der Waals surface area contributed by atoms with Crippen LogP contribution in [0.25, 0.3) is 10.4 Å². The van der Waals surface area contributed by atoms with Gasteiger partial charge in [-0.1, -0.05) is 57.0 Å². The second kappa shape index (κ2) is 11.2. The molecule has 0 fully saturated rings. The van der Waals surface area contributed by atoms with Crippen molar-refractivity contribution in [2.75, 3.05) is 11.9 Å². The second-order valence-electron chi connectivity index (χ2n) is 7.26. The molecule has 0 aliphatic carbocycles. The van der Waals surface area contributed by atoms with Crippen LogP contribution in [0.4, 0.5) is 5.00 Å². The molecular weight excluding hydrogens is 388 g/mol. The van der Waals surface area contributed by atoms with E-state index in [2.05, 4.69) is 31.4 Å². The Hall–Kier alpha value is -1.92. The van der Waals surface area contributed by atoms with Crippen LogP contribution >= 0.6 is 23.6 Å². The Balaban J connectivity index is 2.09. The SMILES string of the molecule is CCOC(=O)c1cc(-c2ccccc2)sc1NC(=S)NC(C)CCCC(C)C. The highest BCUT2D eigenvalue weighted by molar-refractivity contribution is 7.80. The molecule has 6 heteroatoms.